The van der Waals surface area contributed by atoms with E-state index >= 15 is 0 Å². The van der Waals surface area contributed by atoms with Gasteiger partial charge in [0.05, 0.1) is 22.0 Å². The molecule has 1 aliphatic carbocycles. The molecule has 2 aromatic heterocycles. The van der Waals surface area contributed by atoms with Gasteiger partial charge in [0.15, 0.2) is 0 Å². The summed E-state index contributed by atoms with van der Waals surface area (Å²) >= 11 is 0. The number of fused-ring (bicyclic) bond motifs is 1. The van der Waals surface area contributed by atoms with Crippen LogP contribution in [0.15, 0.2) is 67.8 Å². The Kier molecular flexibility index (Phi) is 6.32. The SMILES string of the molecule is CCNS(=O)(=O)c1cccc(-n2c(=O)n(C3CC3)c(=O)c3c(Nc4ccc(C)cc4F)cc(=O)n(C)c32)c1. The van der Waals surface area contributed by atoms with Gasteiger partial charge in [-0.25, -0.2) is 26.9 Å². The van der Waals surface area contributed by atoms with Crippen molar-refractivity contribution in [2.45, 2.75) is 37.6 Å². The molecule has 0 atom stereocenters. The number of hydrogen-bond acceptors (Lipinski definition) is 6. The van der Waals surface area contributed by atoms with Crippen LogP contribution in [0.3, 0.4) is 0 Å². The van der Waals surface area contributed by atoms with Crippen LogP contribution in [0.25, 0.3) is 16.7 Å². The van der Waals surface area contributed by atoms with Gasteiger partial charge in [0.25, 0.3) is 11.1 Å². The summed E-state index contributed by atoms with van der Waals surface area (Å²) in [5.74, 6) is -0.573. The molecule has 10 nitrogen and oxygen atoms in total. The van der Waals surface area contributed by atoms with Crippen LogP contribution in [0.1, 0.15) is 31.4 Å². The van der Waals surface area contributed by atoms with Crippen LogP contribution in [-0.4, -0.2) is 28.7 Å². The number of hydrogen-bond donors (Lipinski definition) is 2. The number of benzene rings is 2. The van der Waals surface area contributed by atoms with E-state index in [1.807, 2.05) is 0 Å². The maximum absolute atomic E-state index is 14.7. The Morgan fingerprint density at radius 2 is 1.76 bits per heavy atom. The highest BCUT2D eigenvalue weighted by atomic mass is 32.2. The maximum Gasteiger partial charge on any atom is 0.337 e. The van der Waals surface area contributed by atoms with Gasteiger partial charge < -0.3 is 5.32 Å². The first-order chi connectivity index (χ1) is 18.0. The second kappa shape index (κ2) is 9.37. The molecular weight excluding hydrogens is 513 g/mol. The zero-order valence-electron chi connectivity index (χ0n) is 21.0. The molecule has 0 amide bonds. The average Bonchev–Trinajstić information content (AvgIpc) is 3.69. The number of rotatable bonds is 7. The summed E-state index contributed by atoms with van der Waals surface area (Å²) < 4.78 is 45.9. The first kappa shape index (κ1) is 25.6. The van der Waals surface area contributed by atoms with Crippen molar-refractivity contribution < 1.29 is 12.8 Å². The maximum atomic E-state index is 14.7. The lowest BCUT2D eigenvalue weighted by molar-refractivity contribution is 0.583. The number of halogens is 1. The van der Waals surface area contributed by atoms with E-state index in [4.69, 9.17) is 0 Å². The van der Waals surface area contributed by atoms with E-state index in [0.717, 1.165) is 13.7 Å². The number of sulfonamides is 1. The number of aryl methyl sites for hydroxylation is 2. The Bertz CT molecular complexity index is 1890. The van der Waals surface area contributed by atoms with Gasteiger partial charge in [-0.2, -0.15) is 0 Å². The van der Waals surface area contributed by atoms with Crippen LogP contribution < -0.4 is 26.8 Å². The molecule has 2 N–H and O–H groups in total. The number of aromatic nitrogens is 3. The molecule has 198 valence electrons. The lowest BCUT2D eigenvalue weighted by Crippen LogP contribution is -2.41. The van der Waals surface area contributed by atoms with Crippen molar-refractivity contribution in [3.05, 3.63) is 91.1 Å². The highest BCUT2D eigenvalue weighted by molar-refractivity contribution is 7.89. The highest BCUT2D eigenvalue weighted by Gasteiger charge is 2.31. The predicted octanol–water partition coefficient (Wildman–Crippen LogP) is 2.68. The Hall–Kier alpha value is -4.03. The van der Waals surface area contributed by atoms with Gasteiger partial charge in [0, 0.05) is 25.7 Å². The quantitative estimate of drug-likeness (QED) is 0.372. The van der Waals surface area contributed by atoms with Gasteiger partial charge in [-0.3, -0.25) is 18.7 Å². The molecule has 4 aromatic rings. The van der Waals surface area contributed by atoms with Crippen molar-refractivity contribution in [2.75, 3.05) is 11.9 Å². The van der Waals surface area contributed by atoms with Crippen LogP contribution in [0.4, 0.5) is 15.8 Å². The molecule has 38 heavy (non-hydrogen) atoms. The van der Waals surface area contributed by atoms with E-state index in [0.29, 0.717) is 18.4 Å². The molecule has 1 fully saturated rings. The van der Waals surface area contributed by atoms with Crippen LogP contribution in [0.5, 0.6) is 0 Å². The fourth-order valence-electron chi connectivity index (χ4n) is 4.48. The van der Waals surface area contributed by atoms with Crippen LogP contribution in [0, 0.1) is 12.7 Å². The van der Waals surface area contributed by atoms with E-state index in [2.05, 4.69) is 10.0 Å². The van der Waals surface area contributed by atoms with Gasteiger partial charge in [0.2, 0.25) is 10.0 Å². The molecule has 2 heterocycles. The highest BCUT2D eigenvalue weighted by Crippen LogP contribution is 2.33. The first-order valence-corrected chi connectivity index (χ1v) is 13.6. The Labute approximate surface area is 217 Å². The van der Waals surface area contributed by atoms with Gasteiger partial charge in [-0.1, -0.05) is 19.1 Å². The minimum Gasteiger partial charge on any atom is -0.352 e. The van der Waals surface area contributed by atoms with Crippen LogP contribution in [-0.2, 0) is 17.1 Å². The minimum atomic E-state index is -3.86. The molecule has 0 aliphatic heterocycles. The normalized spacial score (nSPS) is 13.7. The molecule has 1 aliphatic rings. The number of pyridine rings is 1. The molecule has 0 unspecified atom stereocenters. The topological polar surface area (TPSA) is 124 Å². The van der Waals surface area contributed by atoms with E-state index in [1.54, 1.807) is 19.9 Å². The first-order valence-electron chi connectivity index (χ1n) is 12.1. The molecular formula is C26H26FN5O5S. The van der Waals surface area contributed by atoms with Crippen molar-refractivity contribution >= 4 is 32.4 Å². The standard InChI is InChI=1S/C26H26FN5O5S/c1-4-28-38(36,37)18-7-5-6-17(13-18)31-24-23(25(34)32(26(31)35)16-9-10-16)21(14-22(33)30(24)3)29-20-11-8-15(2)12-19(20)27/h5-8,11-14,16,28-29H,4,9-10H2,1-3H3. The van der Waals surface area contributed by atoms with E-state index < -0.39 is 32.6 Å². The molecule has 12 heteroatoms. The van der Waals surface area contributed by atoms with Crippen molar-refractivity contribution in [3.8, 4) is 5.69 Å². The Morgan fingerprint density at radius 3 is 2.42 bits per heavy atom. The number of anilines is 2. The Balaban J connectivity index is 1.87. The summed E-state index contributed by atoms with van der Waals surface area (Å²) in [5.41, 5.74) is -0.976. The van der Waals surface area contributed by atoms with Crippen molar-refractivity contribution in [3.63, 3.8) is 0 Å². The minimum absolute atomic E-state index is 0.00137. The summed E-state index contributed by atoms with van der Waals surface area (Å²) in [6.07, 6.45) is 1.24. The molecule has 0 saturated heterocycles. The Morgan fingerprint density at radius 1 is 1.03 bits per heavy atom. The summed E-state index contributed by atoms with van der Waals surface area (Å²) in [4.78, 5) is 40.4. The van der Waals surface area contributed by atoms with Gasteiger partial charge in [-0.05, 0) is 55.7 Å². The summed E-state index contributed by atoms with van der Waals surface area (Å²) in [6, 6.07) is 11.1. The third-order valence-electron chi connectivity index (χ3n) is 6.48. The largest absolute Gasteiger partial charge is 0.352 e. The molecule has 0 radical (unpaired) electrons. The van der Waals surface area contributed by atoms with Crippen molar-refractivity contribution in [2.24, 2.45) is 7.05 Å². The van der Waals surface area contributed by atoms with Crippen molar-refractivity contribution in [1.82, 2.24) is 18.4 Å². The van der Waals surface area contributed by atoms with Crippen LogP contribution >= 0.6 is 0 Å². The third kappa shape index (κ3) is 4.35. The predicted molar refractivity (Wildman–Crippen MR) is 143 cm³/mol. The van der Waals surface area contributed by atoms with E-state index in [-0.39, 0.29) is 45.6 Å². The molecule has 0 bridgehead atoms. The van der Waals surface area contributed by atoms with Gasteiger partial charge in [-0.15, -0.1) is 0 Å². The lowest BCUT2D eigenvalue weighted by atomic mass is 10.2. The fourth-order valence-corrected chi connectivity index (χ4v) is 5.56. The van der Waals surface area contributed by atoms with E-state index in [1.165, 1.54) is 49.5 Å². The third-order valence-corrected chi connectivity index (χ3v) is 8.02. The fraction of sp³-hybridized carbons (Fsp3) is 0.269. The second-order valence-corrected chi connectivity index (χ2v) is 11.1. The molecule has 0 spiro atoms. The van der Waals surface area contributed by atoms with Crippen LogP contribution in [0.2, 0.25) is 0 Å². The number of nitrogens with zero attached hydrogens (tertiary/aromatic N) is 3. The summed E-state index contributed by atoms with van der Waals surface area (Å²) in [7, 11) is -2.45. The van der Waals surface area contributed by atoms with E-state index in [9.17, 15) is 27.2 Å². The zero-order valence-corrected chi connectivity index (χ0v) is 21.8. The average molecular weight is 540 g/mol. The smallest absolute Gasteiger partial charge is 0.337 e. The molecule has 5 rings (SSSR count). The number of nitrogens with one attached hydrogen (secondary N) is 2. The molecule has 1 saturated carbocycles. The lowest BCUT2D eigenvalue weighted by Gasteiger charge is -2.19. The zero-order chi connectivity index (χ0) is 27.4. The van der Waals surface area contributed by atoms with Gasteiger partial charge >= 0.3 is 5.69 Å². The molecule has 2 aromatic carbocycles. The summed E-state index contributed by atoms with van der Waals surface area (Å²) in [6.45, 7) is 3.55. The monoisotopic (exact) mass is 539 g/mol. The second-order valence-electron chi connectivity index (χ2n) is 9.29. The summed E-state index contributed by atoms with van der Waals surface area (Å²) in [5, 5.41) is 2.86. The van der Waals surface area contributed by atoms with Crippen molar-refractivity contribution in [1.29, 1.82) is 0 Å². The van der Waals surface area contributed by atoms with Gasteiger partial charge in [0.1, 0.15) is 16.9 Å².